The summed E-state index contributed by atoms with van der Waals surface area (Å²) in [6.45, 7) is 2.79. The molecule has 0 bridgehead atoms. The molecular weight excluding hydrogens is 222 g/mol. The number of nitrogens with one attached hydrogen (secondary N) is 1. The van der Waals surface area contributed by atoms with Crippen LogP contribution in [0.3, 0.4) is 0 Å². The number of rotatable bonds is 4. The number of nitrogens with zero attached hydrogens (tertiary/aromatic N) is 3. The molecule has 84 valence electrons. The van der Waals surface area contributed by atoms with E-state index in [0.717, 1.165) is 29.5 Å². The van der Waals surface area contributed by atoms with Crippen molar-refractivity contribution in [2.24, 2.45) is 0 Å². The van der Waals surface area contributed by atoms with Crippen LogP contribution < -0.4 is 11.1 Å². The zero-order valence-corrected chi connectivity index (χ0v) is 9.79. The number of hydrogen-bond acceptors (Lipinski definition) is 6. The second-order valence-electron chi connectivity index (χ2n) is 3.39. The van der Waals surface area contributed by atoms with E-state index in [9.17, 15) is 0 Å². The maximum atomic E-state index is 5.54. The summed E-state index contributed by atoms with van der Waals surface area (Å²) >= 11 is 1.68. The van der Waals surface area contributed by atoms with Crippen LogP contribution in [0.1, 0.15) is 10.7 Å². The Morgan fingerprint density at radius 1 is 1.44 bits per heavy atom. The van der Waals surface area contributed by atoms with E-state index >= 15 is 0 Å². The molecule has 2 aromatic heterocycles. The molecule has 0 aliphatic carbocycles. The van der Waals surface area contributed by atoms with Crippen molar-refractivity contribution in [2.45, 2.75) is 13.3 Å². The van der Waals surface area contributed by atoms with Gasteiger partial charge in [0.15, 0.2) is 0 Å². The summed E-state index contributed by atoms with van der Waals surface area (Å²) in [5.41, 5.74) is 6.62. The first-order valence-corrected chi connectivity index (χ1v) is 5.84. The highest BCUT2D eigenvalue weighted by molar-refractivity contribution is 7.09. The highest BCUT2D eigenvalue weighted by atomic mass is 32.1. The predicted octanol–water partition coefficient (Wildman–Crippen LogP) is 1.48. The molecule has 0 spiro atoms. The summed E-state index contributed by atoms with van der Waals surface area (Å²) in [5.74, 6) is 1.23. The van der Waals surface area contributed by atoms with Gasteiger partial charge in [0.1, 0.15) is 18.0 Å². The van der Waals surface area contributed by atoms with E-state index < -0.39 is 0 Å². The first kappa shape index (κ1) is 10.8. The Labute approximate surface area is 97.8 Å². The fraction of sp³-hybridized carbons (Fsp3) is 0.300. The number of hydrogen-bond donors (Lipinski definition) is 2. The van der Waals surface area contributed by atoms with Crippen molar-refractivity contribution >= 4 is 23.0 Å². The minimum absolute atomic E-state index is 0.475. The Balaban J connectivity index is 1.84. The van der Waals surface area contributed by atoms with Crippen LogP contribution in [0.5, 0.6) is 0 Å². The average molecular weight is 235 g/mol. The molecule has 0 saturated heterocycles. The molecule has 0 aliphatic rings. The first-order valence-electron chi connectivity index (χ1n) is 4.96. The minimum Gasteiger partial charge on any atom is -0.384 e. The number of aryl methyl sites for hydroxylation is 1. The molecule has 2 heterocycles. The second kappa shape index (κ2) is 4.89. The second-order valence-corrected chi connectivity index (χ2v) is 4.33. The summed E-state index contributed by atoms with van der Waals surface area (Å²) in [7, 11) is 0. The molecule has 0 atom stereocenters. The van der Waals surface area contributed by atoms with Crippen molar-refractivity contribution in [1.82, 2.24) is 15.0 Å². The summed E-state index contributed by atoms with van der Waals surface area (Å²) in [4.78, 5) is 12.3. The van der Waals surface area contributed by atoms with Gasteiger partial charge in [-0.2, -0.15) is 0 Å². The van der Waals surface area contributed by atoms with Crippen molar-refractivity contribution in [3.63, 3.8) is 0 Å². The number of aromatic nitrogens is 3. The highest BCUT2D eigenvalue weighted by Gasteiger charge is 1.99. The lowest BCUT2D eigenvalue weighted by molar-refractivity contribution is 0.974. The topological polar surface area (TPSA) is 76.7 Å². The zero-order valence-electron chi connectivity index (χ0n) is 8.97. The van der Waals surface area contributed by atoms with Gasteiger partial charge in [0.25, 0.3) is 0 Å². The molecule has 0 unspecified atom stereocenters. The van der Waals surface area contributed by atoms with Gasteiger partial charge < -0.3 is 11.1 Å². The molecule has 16 heavy (non-hydrogen) atoms. The van der Waals surface area contributed by atoms with Crippen LogP contribution in [0.25, 0.3) is 0 Å². The molecule has 0 aliphatic heterocycles. The highest BCUT2D eigenvalue weighted by Crippen LogP contribution is 2.10. The Morgan fingerprint density at radius 3 is 3.00 bits per heavy atom. The molecule has 6 heteroatoms. The van der Waals surface area contributed by atoms with Crippen molar-refractivity contribution in [1.29, 1.82) is 0 Å². The number of anilines is 2. The molecule has 2 aromatic rings. The third-order valence-electron chi connectivity index (χ3n) is 2.00. The van der Waals surface area contributed by atoms with Gasteiger partial charge >= 0.3 is 0 Å². The van der Waals surface area contributed by atoms with Gasteiger partial charge in [-0.15, -0.1) is 11.3 Å². The molecule has 0 fully saturated rings. The van der Waals surface area contributed by atoms with Gasteiger partial charge in [0.2, 0.25) is 0 Å². The first-order chi connectivity index (χ1) is 7.74. The van der Waals surface area contributed by atoms with Crippen LogP contribution in [0.15, 0.2) is 17.8 Å². The molecule has 0 radical (unpaired) electrons. The van der Waals surface area contributed by atoms with Crippen molar-refractivity contribution in [3.05, 3.63) is 28.5 Å². The molecular formula is C10H13N5S. The van der Waals surface area contributed by atoms with E-state index in [1.807, 2.05) is 6.92 Å². The SMILES string of the molecule is Cc1csc(CCNc2cc(N)ncn2)n1. The van der Waals surface area contributed by atoms with Crippen molar-refractivity contribution < 1.29 is 0 Å². The van der Waals surface area contributed by atoms with E-state index in [1.165, 1.54) is 6.33 Å². The standard InChI is InChI=1S/C10H13N5S/c1-7-5-16-10(15-7)2-3-12-9-4-8(11)13-6-14-9/h4-6H,2-3H2,1H3,(H3,11,12,13,14). The monoisotopic (exact) mass is 235 g/mol. The number of nitrogens with two attached hydrogens (primary N) is 1. The smallest absolute Gasteiger partial charge is 0.131 e. The number of nitrogen functional groups attached to an aromatic ring is 1. The molecule has 2 rings (SSSR count). The maximum Gasteiger partial charge on any atom is 0.131 e. The van der Waals surface area contributed by atoms with E-state index in [1.54, 1.807) is 17.4 Å². The normalized spacial score (nSPS) is 10.3. The molecule has 5 nitrogen and oxygen atoms in total. The van der Waals surface area contributed by atoms with Gasteiger partial charge in [-0.05, 0) is 6.92 Å². The third kappa shape index (κ3) is 2.90. The van der Waals surface area contributed by atoms with Crippen LogP contribution in [-0.4, -0.2) is 21.5 Å². The summed E-state index contributed by atoms with van der Waals surface area (Å²) in [5, 5.41) is 6.36. The molecule has 0 aromatic carbocycles. The molecule has 3 N–H and O–H groups in total. The van der Waals surface area contributed by atoms with Gasteiger partial charge in [0.05, 0.1) is 5.01 Å². The Hall–Kier alpha value is -1.69. The summed E-state index contributed by atoms with van der Waals surface area (Å²) in [6.07, 6.45) is 2.34. The van der Waals surface area contributed by atoms with Crippen molar-refractivity contribution in [2.75, 3.05) is 17.6 Å². The van der Waals surface area contributed by atoms with Crippen molar-refractivity contribution in [3.8, 4) is 0 Å². The lowest BCUT2D eigenvalue weighted by Gasteiger charge is -2.03. The van der Waals surface area contributed by atoms with Crippen LogP contribution in [0.2, 0.25) is 0 Å². The van der Waals surface area contributed by atoms with Gasteiger partial charge in [0, 0.05) is 30.1 Å². The Morgan fingerprint density at radius 2 is 2.31 bits per heavy atom. The van der Waals surface area contributed by atoms with Gasteiger partial charge in [-0.25, -0.2) is 15.0 Å². The van der Waals surface area contributed by atoms with Crippen LogP contribution in [0, 0.1) is 6.92 Å². The van der Waals surface area contributed by atoms with Crippen LogP contribution in [-0.2, 0) is 6.42 Å². The lowest BCUT2D eigenvalue weighted by Crippen LogP contribution is -2.07. The zero-order chi connectivity index (χ0) is 11.4. The van der Waals surface area contributed by atoms with Gasteiger partial charge in [-0.3, -0.25) is 0 Å². The fourth-order valence-electron chi connectivity index (χ4n) is 1.28. The van der Waals surface area contributed by atoms with E-state index in [4.69, 9.17) is 5.73 Å². The van der Waals surface area contributed by atoms with E-state index in [0.29, 0.717) is 5.82 Å². The Kier molecular flexibility index (Phi) is 3.31. The fourth-order valence-corrected chi connectivity index (χ4v) is 2.06. The lowest BCUT2D eigenvalue weighted by atomic mass is 10.4. The average Bonchev–Trinajstić information content (AvgIpc) is 2.64. The van der Waals surface area contributed by atoms with E-state index in [-0.39, 0.29) is 0 Å². The summed E-state index contributed by atoms with van der Waals surface area (Å²) in [6, 6.07) is 1.72. The number of thiazole rings is 1. The predicted molar refractivity (Wildman–Crippen MR) is 65.5 cm³/mol. The van der Waals surface area contributed by atoms with E-state index in [2.05, 4.69) is 25.6 Å². The maximum absolute atomic E-state index is 5.54. The summed E-state index contributed by atoms with van der Waals surface area (Å²) < 4.78 is 0. The molecule has 0 saturated carbocycles. The molecule has 0 amide bonds. The van der Waals surface area contributed by atoms with Crippen LogP contribution >= 0.6 is 11.3 Å². The third-order valence-corrected chi connectivity index (χ3v) is 3.03. The minimum atomic E-state index is 0.475. The quantitative estimate of drug-likeness (QED) is 0.839. The van der Waals surface area contributed by atoms with Crippen LogP contribution in [0.4, 0.5) is 11.6 Å². The van der Waals surface area contributed by atoms with Gasteiger partial charge in [-0.1, -0.05) is 0 Å². The Bertz CT molecular complexity index is 468. The largest absolute Gasteiger partial charge is 0.384 e.